The normalized spacial score (nSPS) is 12.1. The summed E-state index contributed by atoms with van der Waals surface area (Å²) in [5.74, 6) is 0. The zero-order valence-electron chi connectivity index (χ0n) is 7.81. The third-order valence-electron chi connectivity index (χ3n) is 1.75. The number of anilines is 1. The van der Waals surface area contributed by atoms with Gasteiger partial charge < -0.3 is 5.73 Å². The van der Waals surface area contributed by atoms with E-state index in [1.165, 1.54) is 18.2 Å². The van der Waals surface area contributed by atoms with E-state index < -0.39 is 11.7 Å². The van der Waals surface area contributed by atoms with Crippen molar-refractivity contribution in [3.05, 3.63) is 23.8 Å². The van der Waals surface area contributed by atoms with Gasteiger partial charge in [-0.3, -0.25) is 0 Å². The number of hydrogen-bond acceptors (Lipinski definition) is 2. The van der Waals surface area contributed by atoms with E-state index in [2.05, 4.69) is 0 Å². The van der Waals surface area contributed by atoms with Gasteiger partial charge in [-0.05, 0) is 42.4 Å². The van der Waals surface area contributed by atoms with Crippen molar-refractivity contribution >= 4 is 17.4 Å². The van der Waals surface area contributed by atoms with Crippen LogP contribution in [0.3, 0.4) is 0 Å². The first-order valence-corrected chi connectivity index (χ1v) is 4.85. The third kappa shape index (κ3) is 3.02. The van der Waals surface area contributed by atoms with Gasteiger partial charge in [0, 0.05) is 10.6 Å². The summed E-state index contributed by atoms with van der Waals surface area (Å²) in [5, 5.41) is -4.07. The smallest absolute Gasteiger partial charge is 0.357 e. The van der Waals surface area contributed by atoms with Crippen LogP contribution in [0.25, 0.3) is 0 Å². The number of hydrogen-bond donors (Lipinski definition) is 1. The molecule has 0 aliphatic carbocycles. The summed E-state index contributed by atoms with van der Waals surface area (Å²) in [6.45, 7) is 1.62. The first-order chi connectivity index (χ1) is 6.83. The SMILES string of the molecule is Cc1cc(SC(F)(F)C(F)F)ccc1N. The minimum atomic E-state index is -4.07. The molecule has 2 N–H and O–H groups in total. The van der Waals surface area contributed by atoms with Gasteiger partial charge in [0.2, 0.25) is 0 Å². The van der Waals surface area contributed by atoms with Crippen molar-refractivity contribution in [3.8, 4) is 0 Å². The molecule has 1 aromatic rings. The van der Waals surface area contributed by atoms with Gasteiger partial charge in [-0.2, -0.15) is 8.78 Å². The lowest BCUT2D eigenvalue weighted by Crippen LogP contribution is -2.21. The van der Waals surface area contributed by atoms with Crippen molar-refractivity contribution in [2.24, 2.45) is 0 Å². The number of thioether (sulfide) groups is 1. The predicted molar refractivity (Wildman–Crippen MR) is 52.4 cm³/mol. The second kappa shape index (κ2) is 4.30. The topological polar surface area (TPSA) is 26.0 Å². The van der Waals surface area contributed by atoms with E-state index >= 15 is 0 Å². The molecule has 0 saturated carbocycles. The minimum absolute atomic E-state index is 0.0759. The lowest BCUT2D eigenvalue weighted by Gasteiger charge is -2.14. The Morgan fingerprint density at radius 1 is 1.33 bits per heavy atom. The van der Waals surface area contributed by atoms with Crippen molar-refractivity contribution in [3.63, 3.8) is 0 Å². The van der Waals surface area contributed by atoms with E-state index in [-0.39, 0.29) is 16.7 Å². The van der Waals surface area contributed by atoms with Gasteiger partial charge >= 0.3 is 11.7 Å². The van der Waals surface area contributed by atoms with Crippen LogP contribution in [-0.4, -0.2) is 11.7 Å². The fraction of sp³-hybridized carbons (Fsp3) is 0.333. The number of halogens is 4. The molecule has 15 heavy (non-hydrogen) atoms. The maximum Gasteiger partial charge on any atom is 0.357 e. The highest BCUT2D eigenvalue weighted by Crippen LogP contribution is 2.40. The Hall–Kier alpha value is -0.910. The quantitative estimate of drug-likeness (QED) is 0.496. The summed E-state index contributed by atoms with van der Waals surface area (Å²) in [6.07, 6.45) is -3.68. The van der Waals surface area contributed by atoms with E-state index in [0.717, 1.165) is 0 Å². The summed E-state index contributed by atoms with van der Waals surface area (Å²) in [7, 11) is 0. The standard InChI is InChI=1S/C9H9F4NS/c1-5-4-6(2-3-7(5)14)15-9(12,13)8(10)11/h2-4,8H,14H2,1H3. The van der Waals surface area contributed by atoms with Gasteiger partial charge in [-0.15, -0.1) is 0 Å². The zero-order valence-corrected chi connectivity index (χ0v) is 8.62. The minimum Gasteiger partial charge on any atom is -0.399 e. The number of nitrogen functional groups attached to an aromatic ring is 1. The van der Waals surface area contributed by atoms with Crippen LogP contribution in [0.1, 0.15) is 5.56 Å². The van der Waals surface area contributed by atoms with E-state index in [0.29, 0.717) is 11.3 Å². The van der Waals surface area contributed by atoms with Crippen LogP contribution < -0.4 is 5.73 Å². The van der Waals surface area contributed by atoms with Crippen LogP contribution in [0.5, 0.6) is 0 Å². The van der Waals surface area contributed by atoms with Crippen molar-refractivity contribution < 1.29 is 17.6 Å². The number of alkyl halides is 4. The molecular formula is C9H9F4NS. The largest absolute Gasteiger partial charge is 0.399 e. The molecule has 0 unspecified atom stereocenters. The predicted octanol–water partition coefficient (Wildman–Crippen LogP) is 3.53. The van der Waals surface area contributed by atoms with E-state index in [4.69, 9.17) is 5.73 Å². The summed E-state index contributed by atoms with van der Waals surface area (Å²) >= 11 is -0.162. The summed E-state index contributed by atoms with van der Waals surface area (Å²) in [5.41, 5.74) is 6.50. The average Bonchev–Trinajstić information content (AvgIpc) is 2.10. The lowest BCUT2D eigenvalue weighted by molar-refractivity contribution is -0.0563. The molecule has 0 amide bonds. The molecule has 0 atom stereocenters. The lowest BCUT2D eigenvalue weighted by atomic mass is 10.2. The maximum absolute atomic E-state index is 12.6. The van der Waals surface area contributed by atoms with Gasteiger partial charge in [0.05, 0.1) is 0 Å². The average molecular weight is 239 g/mol. The number of nitrogens with two attached hydrogens (primary N) is 1. The Bertz CT molecular complexity index is 354. The molecule has 1 rings (SSSR count). The van der Waals surface area contributed by atoms with Crippen LogP contribution in [0.4, 0.5) is 23.2 Å². The molecule has 0 aromatic heterocycles. The summed E-state index contributed by atoms with van der Waals surface area (Å²) in [6, 6.07) is 4.07. The molecule has 0 fully saturated rings. The van der Waals surface area contributed by atoms with Crippen LogP contribution in [-0.2, 0) is 0 Å². The first kappa shape index (κ1) is 12.2. The van der Waals surface area contributed by atoms with E-state index in [1.54, 1.807) is 6.92 Å². The van der Waals surface area contributed by atoms with Crippen molar-refractivity contribution in [1.29, 1.82) is 0 Å². The molecule has 0 heterocycles. The van der Waals surface area contributed by atoms with Gasteiger partial charge in [0.1, 0.15) is 0 Å². The van der Waals surface area contributed by atoms with Crippen LogP contribution in [0.2, 0.25) is 0 Å². The Balaban J connectivity index is 2.86. The summed E-state index contributed by atoms with van der Waals surface area (Å²) in [4.78, 5) is 0.0759. The van der Waals surface area contributed by atoms with Crippen LogP contribution >= 0.6 is 11.8 Å². The highest BCUT2D eigenvalue weighted by Gasteiger charge is 2.41. The molecule has 1 nitrogen and oxygen atoms in total. The molecule has 84 valence electrons. The highest BCUT2D eigenvalue weighted by atomic mass is 32.2. The zero-order chi connectivity index (χ0) is 11.6. The van der Waals surface area contributed by atoms with Crippen LogP contribution in [0.15, 0.2) is 23.1 Å². The fourth-order valence-electron chi connectivity index (χ4n) is 0.913. The van der Waals surface area contributed by atoms with E-state index in [9.17, 15) is 17.6 Å². The fourth-order valence-corrected chi connectivity index (χ4v) is 1.69. The first-order valence-electron chi connectivity index (χ1n) is 4.04. The molecule has 0 aliphatic rings. The molecule has 0 bridgehead atoms. The third-order valence-corrected chi connectivity index (χ3v) is 2.69. The Morgan fingerprint density at radius 2 is 1.93 bits per heavy atom. The van der Waals surface area contributed by atoms with Gasteiger partial charge in [-0.1, -0.05) is 0 Å². The Labute approximate surface area is 88.7 Å². The molecule has 6 heteroatoms. The van der Waals surface area contributed by atoms with Gasteiger partial charge in [-0.25, -0.2) is 8.78 Å². The molecule has 0 saturated heterocycles. The van der Waals surface area contributed by atoms with Crippen molar-refractivity contribution in [2.75, 3.05) is 5.73 Å². The van der Waals surface area contributed by atoms with Crippen molar-refractivity contribution in [1.82, 2.24) is 0 Å². The number of benzene rings is 1. The van der Waals surface area contributed by atoms with E-state index in [1.807, 2.05) is 0 Å². The monoisotopic (exact) mass is 239 g/mol. The number of rotatable bonds is 3. The Kier molecular flexibility index (Phi) is 3.49. The van der Waals surface area contributed by atoms with Gasteiger partial charge in [0.15, 0.2) is 0 Å². The van der Waals surface area contributed by atoms with Gasteiger partial charge in [0.25, 0.3) is 0 Å². The molecule has 0 aliphatic heterocycles. The van der Waals surface area contributed by atoms with Crippen LogP contribution in [0, 0.1) is 6.92 Å². The molecule has 1 aromatic carbocycles. The second-order valence-corrected chi connectivity index (χ2v) is 4.20. The summed E-state index contributed by atoms with van der Waals surface area (Å²) < 4.78 is 49.1. The molecular weight excluding hydrogens is 230 g/mol. The number of aryl methyl sites for hydroxylation is 1. The maximum atomic E-state index is 12.6. The molecule has 0 radical (unpaired) electrons. The van der Waals surface area contributed by atoms with Crippen molar-refractivity contribution in [2.45, 2.75) is 23.5 Å². The highest BCUT2D eigenvalue weighted by molar-refractivity contribution is 8.00. The second-order valence-electron chi connectivity index (χ2n) is 2.98. The molecule has 0 spiro atoms. The Morgan fingerprint density at radius 3 is 2.40 bits per heavy atom.